The van der Waals surface area contributed by atoms with Crippen LogP contribution in [-0.4, -0.2) is 27.7 Å². The number of rotatable bonds is 7. The molecule has 0 fully saturated rings. The molecule has 0 saturated heterocycles. The van der Waals surface area contributed by atoms with E-state index in [1.807, 2.05) is 6.92 Å². The maximum absolute atomic E-state index is 9.52. The number of nitrogens with zero attached hydrogens (tertiary/aromatic N) is 2. The van der Waals surface area contributed by atoms with E-state index in [0.717, 1.165) is 24.2 Å². The molecule has 6 nitrogen and oxygen atoms in total. The summed E-state index contributed by atoms with van der Waals surface area (Å²) < 4.78 is 0. The van der Waals surface area contributed by atoms with Gasteiger partial charge in [-0.25, -0.2) is 15.8 Å². The third-order valence-corrected chi connectivity index (χ3v) is 2.56. The molecule has 5 N–H and O–H groups in total. The number of aliphatic hydroxyl groups excluding tert-OH is 1. The molecule has 6 heteroatoms. The van der Waals surface area contributed by atoms with Crippen molar-refractivity contribution in [1.29, 1.82) is 0 Å². The molecule has 0 saturated carbocycles. The van der Waals surface area contributed by atoms with Crippen molar-refractivity contribution in [2.75, 3.05) is 17.3 Å². The summed E-state index contributed by atoms with van der Waals surface area (Å²) in [5, 5.41) is 12.6. The largest absolute Gasteiger partial charge is 0.391 e. The van der Waals surface area contributed by atoms with Gasteiger partial charge in [0.05, 0.1) is 6.10 Å². The number of hydrogen-bond donors (Lipinski definition) is 4. The molecule has 17 heavy (non-hydrogen) atoms. The van der Waals surface area contributed by atoms with E-state index >= 15 is 0 Å². The van der Waals surface area contributed by atoms with Crippen LogP contribution in [0.15, 0.2) is 6.33 Å². The number of nitrogen functional groups attached to an aromatic ring is 1. The average Bonchev–Trinajstić information content (AvgIpc) is 2.37. The third-order valence-electron chi connectivity index (χ3n) is 2.56. The fourth-order valence-electron chi connectivity index (χ4n) is 1.53. The Balaban J connectivity index is 2.82. The van der Waals surface area contributed by atoms with Gasteiger partial charge >= 0.3 is 0 Å². The van der Waals surface area contributed by atoms with Crippen LogP contribution in [0.2, 0.25) is 0 Å². The second-order valence-corrected chi connectivity index (χ2v) is 3.89. The highest BCUT2D eigenvalue weighted by Crippen LogP contribution is 2.20. The van der Waals surface area contributed by atoms with Gasteiger partial charge in [-0.15, -0.1) is 0 Å². The van der Waals surface area contributed by atoms with Crippen LogP contribution in [0.3, 0.4) is 0 Å². The molecule has 0 amide bonds. The Hall–Kier alpha value is -1.40. The summed E-state index contributed by atoms with van der Waals surface area (Å²) in [7, 11) is 0. The minimum Gasteiger partial charge on any atom is -0.391 e. The maximum Gasteiger partial charge on any atom is 0.148 e. The Bertz CT molecular complexity index is 345. The summed E-state index contributed by atoms with van der Waals surface area (Å²) in [6.45, 7) is 4.50. The molecule has 0 aliphatic heterocycles. The number of hydrogen-bond acceptors (Lipinski definition) is 6. The molecule has 1 aromatic rings. The van der Waals surface area contributed by atoms with Gasteiger partial charge in [0.15, 0.2) is 0 Å². The van der Waals surface area contributed by atoms with Gasteiger partial charge in [-0.1, -0.05) is 20.3 Å². The lowest BCUT2D eigenvalue weighted by Gasteiger charge is -2.15. The highest BCUT2D eigenvalue weighted by atomic mass is 16.3. The van der Waals surface area contributed by atoms with Crippen LogP contribution in [0.4, 0.5) is 11.6 Å². The fraction of sp³-hybridized carbons (Fsp3) is 0.636. The molecule has 1 atom stereocenters. The number of aromatic nitrogens is 2. The maximum atomic E-state index is 9.52. The van der Waals surface area contributed by atoms with Crippen molar-refractivity contribution in [1.82, 2.24) is 9.97 Å². The molecule has 0 spiro atoms. The number of hydrazine groups is 1. The monoisotopic (exact) mass is 239 g/mol. The van der Waals surface area contributed by atoms with E-state index in [4.69, 9.17) is 5.84 Å². The predicted octanol–water partition coefficient (Wildman–Crippen LogP) is 0.897. The van der Waals surface area contributed by atoms with E-state index in [0.29, 0.717) is 18.8 Å². The normalized spacial score (nSPS) is 12.2. The molecular weight excluding hydrogens is 218 g/mol. The second-order valence-electron chi connectivity index (χ2n) is 3.89. The number of aliphatic hydroxyl groups is 1. The Morgan fingerprint density at radius 3 is 2.65 bits per heavy atom. The zero-order chi connectivity index (χ0) is 12.7. The van der Waals surface area contributed by atoms with Crippen molar-refractivity contribution in [2.45, 2.75) is 39.2 Å². The lowest BCUT2D eigenvalue weighted by Crippen LogP contribution is -2.21. The second kappa shape index (κ2) is 7.03. The lowest BCUT2D eigenvalue weighted by molar-refractivity contribution is 0.183. The third kappa shape index (κ3) is 3.83. The summed E-state index contributed by atoms with van der Waals surface area (Å²) in [4.78, 5) is 8.26. The van der Waals surface area contributed by atoms with Gasteiger partial charge in [0.2, 0.25) is 0 Å². The fourth-order valence-corrected chi connectivity index (χ4v) is 1.53. The Morgan fingerprint density at radius 1 is 1.35 bits per heavy atom. The van der Waals surface area contributed by atoms with Crippen LogP contribution in [0, 0.1) is 0 Å². The van der Waals surface area contributed by atoms with Crippen LogP contribution in [0.5, 0.6) is 0 Å². The minimum absolute atomic E-state index is 0.367. The van der Waals surface area contributed by atoms with Crippen LogP contribution >= 0.6 is 0 Å². The molecule has 96 valence electrons. The van der Waals surface area contributed by atoms with Gasteiger partial charge in [-0.2, -0.15) is 0 Å². The average molecular weight is 239 g/mol. The van der Waals surface area contributed by atoms with Crippen LogP contribution in [0.1, 0.15) is 32.3 Å². The van der Waals surface area contributed by atoms with Crippen molar-refractivity contribution in [3.63, 3.8) is 0 Å². The SMILES string of the molecule is CCCc1c(NN)ncnc1NCC(O)CC. The molecule has 0 aromatic carbocycles. The highest BCUT2D eigenvalue weighted by Gasteiger charge is 2.10. The number of nitrogens with one attached hydrogen (secondary N) is 2. The Labute approximate surface area is 102 Å². The minimum atomic E-state index is -0.367. The predicted molar refractivity (Wildman–Crippen MR) is 68.6 cm³/mol. The standard InChI is InChI=1S/C11H21N5O/c1-3-5-9-10(13-6-8(17)4-2)14-7-15-11(9)16-12/h7-8,17H,3-6,12H2,1-2H3,(H2,13,14,15,16). The zero-order valence-corrected chi connectivity index (χ0v) is 10.4. The van der Waals surface area contributed by atoms with Gasteiger partial charge < -0.3 is 15.8 Å². The summed E-state index contributed by atoms with van der Waals surface area (Å²) in [6, 6.07) is 0. The van der Waals surface area contributed by atoms with Crippen molar-refractivity contribution in [3.8, 4) is 0 Å². The molecule has 1 unspecified atom stereocenters. The van der Waals surface area contributed by atoms with Crippen LogP contribution < -0.4 is 16.6 Å². The van der Waals surface area contributed by atoms with Gasteiger partial charge in [-0.3, -0.25) is 0 Å². The first-order chi connectivity index (χ1) is 8.22. The molecule has 0 aliphatic rings. The molecule has 1 heterocycles. The van der Waals surface area contributed by atoms with Crippen LogP contribution in [-0.2, 0) is 6.42 Å². The van der Waals surface area contributed by atoms with Crippen LogP contribution in [0.25, 0.3) is 0 Å². The van der Waals surface area contributed by atoms with E-state index in [2.05, 4.69) is 27.6 Å². The van der Waals surface area contributed by atoms with E-state index in [1.54, 1.807) is 0 Å². The van der Waals surface area contributed by atoms with Gasteiger partial charge in [0, 0.05) is 12.1 Å². The summed E-state index contributed by atoms with van der Waals surface area (Å²) >= 11 is 0. The zero-order valence-electron chi connectivity index (χ0n) is 10.4. The molecule has 1 rings (SSSR count). The smallest absolute Gasteiger partial charge is 0.148 e. The lowest BCUT2D eigenvalue weighted by atomic mass is 10.1. The van der Waals surface area contributed by atoms with Crippen molar-refractivity contribution in [3.05, 3.63) is 11.9 Å². The Morgan fingerprint density at radius 2 is 2.06 bits per heavy atom. The number of nitrogens with two attached hydrogens (primary N) is 1. The quantitative estimate of drug-likeness (QED) is 0.417. The summed E-state index contributed by atoms with van der Waals surface area (Å²) in [5.74, 6) is 6.79. The molecule has 0 radical (unpaired) electrons. The first-order valence-corrected chi connectivity index (χ1v) is 5.95. The van der Waals surface area contributed by atoms with Gasteiger partial charge in [0.1, 0.15) is 18.0 Å². The molecule has 0 aliphatic carbocycles. The first kappa shape index (κ1) is 13.7. The van der Waals surface area contributed by atoms with Crippen molar-refractivity contribution in [2.24, 2.45) is 5.84 Å². The number of anilines is 2. The topological polar surface area (TPSA) is 96.1 Å². The van der Waals surface area contributed by atoms with Gasteiger partial charge in [0.25, 0.3) is 0 Å². The highest BCUT2D eigenvalue weighted by molar-refractivity contribution is 5.56. The molecular formula is C11H21N5O. The first-order valence-electron chi connectivity index (χ1n) is 5.95. The van der Waals surface area contributed by atoms with E-state index in [-0.39, 0.29) is 6.10 Å². The van der Waals surface area contributed by atoms with Crippen molar-refractivity contribution < 1.29 is 5.11 Å². The Kier molecular flexibility index (Phi) is 5.65. The van der Waals surface area contributed by atoms with Gasteiger partial charge in [-0.05, 0) is 12.8 Å². The summed E-state index contributed by atoms with van der Waals surface area (Å²) in [5.41, 5.74) is 3.53. The van der Waals surface area contributed by atoms with Crippen molar-refractivity contribution >= 4 is 11.6 Å². The van der Waals surface area contributed by atoms with E-state index in [9.17, 15) is 5.11 Å². The summed E-state index contributed by atoms with van der Waals surface area (Å²) in [6.07, 6.45) is 3.62. The molecule has 0 bridgehead atoms. The molecule has 1 aromatic heterocycles. The van der Waals surface area contributed by atoms with E-state index < -0.39 is 0 Å². The van der Waals surface area contributed by atoms with E-state index in [1.165, 1.54) is 6.33 Å².